The van der Waals surface area contributed by atoms with Crippen LogP contribution >= 0.6 is 0 Å². The molecular formula is C20H21NO4. The van der Waals surface area contributed by atoms with Gasteiger partial charge in [-0.1, -0.05) is 30.3 Å². The maximum atomic E-state index is 12.5. The molecule has 3 rings (SSSR count). The summed E-state index contributed by atoms with van der Waals surface area (Å²) in [5.41, 5.74) is 3.47. The van der Waals surface area contributed by atoms with Gasteiger partial charge in [0.25, 0.3) is 5.91 Å². The lowest BCUT2D eigenvalue weighted by Gasteiger charge is -2.10. The van der Waals surface area contributed by atoms with Crippen molar-refractivity contribution in [3.63, 3.8) is 0 Å². The Bertz CT molecular complexity index is 800. The van der Waals surface area contributed by atoms with Crippen molar-refractivity contribution in [1.29, 1.82) is 0 Å². The SMILES string of the molecule is CC1Cc2cc(CNC(=O)c3ccccc3CCC(=O)O)ccc2O1. The first-order valence-corrected chi connectivity index (χ1v) is 8.39. The van der Waals surface area contributed by atoms with E-state index in [2.05, 4.69) is 11.4 Å². The number of benzene rings is 2. The van der Waals surface area contributed by atoms with Crippen LogP contribution in [0.3, 0.4) is 0 Å². The number of carboxylic acids is 1. The van der Waals surface area contributed by atoms with Crippen LogP contribution in [0.15, 0.2) is 42.5 Å². The standard InChI is InChI=1S/C20H21NO4/c1-13-10-16-11-14(6-8-18(16)25-13)12-21-20(24)17-5-3-2-4-15(17)7-9-19(22)23/h2-6,8,11,13H,7,9-10,12H2,1H3,(H,21,24)(H,22,23). The molecule has 5 heteroatoms. The summed E-state index contributed by atoms with van der Waals surface area (Å²) in [4.78, 5) is 23.3. The summed E-state index contributed by atoms with van der Waals surface area (Å²) in [6, 6.07) is 13.1. The number of aryl methyl sites for hydroxylation is 1. The van der Waals surface area contributed by atoms with E-state index in [9.17, 15) is 9.59 Å². The van der Waals surface area contributed by atoms with Crippen molar-refractivity contribution in [1.82, 2.24) is 5.32 Å². The number of rotatable bonds is 6. The largest absolute Gasteiger partial charge is 0.490 e. The van der Waals surface area contributed by atoms with E-state index in [1.54, 1.807) is 18.2 Å². The molecule has 0 fully saturated rings. The number of hydrogen-bond acceptors (Lipinski definition) is 3. The van der Waals surface area contributed by atoms with Gasteiger partial charge in [-0.05, 0) is 42.2 Å². The number of aliphatic carboxylic acids is 1. The molecule has 25 heavy (non-hydrogen) atoms. The van der Waals surface area contributed by atoms with Gasteiger partial charge in [0.05, 0.1) is 0 Å². The first-order chi connectivity index (χ1) is 12.0. The third kappa shape index (κ3) is 4.18. The molecule has 1 unspecified atom stereocenters. The number of carboxylic acid groups (broad SMARTS) is 1. The van der Waals surface area contributed by atoms with E-state index in [1.807, 2.05) is 25.1 Å². The molecule has 1 amide bonds. The lowest BCUT2D eigenvalue weighted by Crippen LogP contribution is -2.24. The van der Waals surface area contributed by atoms with Gasteiger partial charge < -0.3 is 15.2 Å². The molecule has 1 aliphatic rings. The number of amides is 1. The van der Waals surface area contributed by atoms with Crippen molar-refractivity contribution >= 4 is 11.9 Å². The molecule has 1 heterocycles. The molecule has 2 aromatic rings. The van der Waals surface area contributed by atoms with Crippen LogP contribution < -0.4 is 10.1 Å². The van der Waals surface area contributed by atoms with Crippen molar-refractivity contribution in [2.45, 2.75) is 38.8 Å². The number of fused-ring (bicyclic) bond motifs is 1. The summed E-state index contributed by atoms with van der Waals surface area (Å²) in [5.74, 6) is -0.141. The second kappa shape index (κ2) is 7.38. The Labute approximate surface area is 146 Å². The number of nitrogens with one attached hydrogen (secondary N) is 1. The smallest absolute Gasteiger partial charge is 0.303 e. The first-order valence-electron chi connectivity index (χ1n) is 8.39. The van der Waals surface area contributed by atoms with Crippen LogP contribution in [0.1, 0.15) is 40.4 Å². The molecule has 2 N–H and O–H groups in total. The third-order valence-electron chi connectivity index (χ3n) is 4.28. The van der Waals surface area contributed by atoms with Crippen LogP contribution in [-0.2, 0) is 24.2 Å². The fourth-order valence-corrected chi connectivity index (χ4v) is 3.06. The van der Waals surface area contributed by atoms with E-state index in [1.165, 1.54) is 5.56 Å². The molecule has 0 aromatic heterocycles. The average Bonchev–Trinajstić information content (AvgIpc) is 2.97. The van der Waals surface area contributed by atoms with Crippen molar-refractivity contribution in [3.8, 4) is 5.75 Å². The molecule has 0 spiro atoms. The highest BCUT2D eigenvalue weighted by atomic mass is 16.5. The Kier molecular flexibility index (Phi) is 5.03. The zero-order valence-electron chi connectivity index (χ0n) is 14.1. The highest BCUT2D eigenvalue weighted by Crippen LogP contribution is 2.29. The van der Waals surface area contributed by atoms with E-state index in [0.29, 0.717) is 18.5 Å². The van der Waals surface area contributed by atoms with Crippen LogP contribution in [0.5, 0.6) is 5.75 Å². The van der Waals surface area contributed by atoms with E-state index in [0.717, 1.165) is 23.3 Å². The molecule has 5 nitrogen and oxygen atoms in total. The highest BCUT2D eigenvalue weighted by molar-refractivity contribution is 5.95. The molecule has 1 aliphatic heterocycles. The Hall–Kier alpha value is -2.82. The first kappa shape index (κ1) is 17.0. The fourth-order valence-electron chi connectivity index (χ4n) is 3.06. The zero-order valence-corrected chi connectivity index (χ0v) is 14.1. The van der Waals surface area contributed by atoms with Gasteiger partial charge in [-0.2, -0.15) is 0 Å². The van der Waals surface area contributed by atoms with E-state index >= 15 is 0 Å². The van der Waals surface area contributed by atoms with Gasteiger partial charge in [-0.3, -0.25) is 9.59 Å². The summed E-state index contributed by atoms with van der Waals surface area (Å²) < 4.78 is 5.68. The zero-order chi connectivity index (χ0) is 17.8. The highest BCUT2D eigenvalue weighted by Gasteiger charge is 2.19. The Morgan fingerprint density at radius 3 is 2.84 bits per heavy atom. The second-order valence-electron chi connectivity index (χ2n) is 6.31. The maximum absolute atomic E-state index is 12.5. The predicted octanol–water partition coefficient (Wildman–Crippen LogP) is 2.96. The molecular weight excluding hydrogens is 318 g/mol. The number of carbonyl (C=O) groups is 2. The van der Waals surface area contributed by atoms with Gasteiger partial charge in [0.1, 0.15) is 11.9 Å². The minimum Gasteiger partial charge on any atom is -0.490 e. The van der Waals surface area contributed by atoms with Crippen molar-refractivity contribution in [3.05, 3.63) is 64.7 Å². The van der Waals surface area contributed by atoms with Crippen LogP contribution in [0.4, 0.5) is 0 Å². The van der Waals surface area contributed by atoms with Gasteiger partial charge in [-0.25, -0.2) is 0 Å². The number of hydrogen-bond donors (Lipinski definition) is 2. The average molecular weight is 339 g/mol. The molecule has 2 aromatic carbocycles. The van der Waals surface area contributed by atoms with Crippen molar-refractivity contribution < 1.29 is 19.4 Å². The summed E-state index contributed by atoms with van der Waals surface area (Å²) in [6.45, 7) is 2.46. The number of ether oxygens (including phenoxy) is 1. The van der Waals surface area contributed by atoms with E-state index in [4.69, 9.17) is 9.84 Å². The Balaban J connectivity index is 1.65. The van der Waals surface area contributed by atoms with Crippen LogP contribution in [0.25, 0.3) is 0 Å². The summed E-state index contributed by atoms with van der Waals surface area (Å²) >= 11 is 0. The van der Waals surface area contributed by atoms with E-state index < -0.39 is 5.97 Å². The van der Waals surface area contributed by atoms with Crippen LogP contribution in [0, 0.1) is 0 Å². The second-order valence-corrected chi connectivity index (χ2v) is 6.31. The summed E-state index contributed by atoms with van der Waals surface area (Å²) in [7, 11) is 0. The van der Waals surface area contributed by atoms with Gasteiger partial charge >= 0.3 is 5.97 Å². The fraction of sp³-hybridized carbons (Fsp3) is 0.300. The maximum Gasteiger partial charge on any atom is 0.303 e. The lowest BCUT2D eigenvalue weighted by atomic mass is 10.0. The van der Waals surface area contributed by atoms with Crippen molar-refractivity contribution in [2.75, 3.05) is 0 Å². The third-order valence-corrected chi connectivity index (χ3v) is 4.28. The monoisotopic (exact) mass is 339 g/mol. The van der Waals surface area contributed by atoms with Gasteiger partial charge in [0, 0.05) is 24.9 Å². The summed E-state index contributed by atoms with van der Waals surface area (Å²) in [6.07, 6.45) is 1.43. The van der Waals surface area contributed by atoms with E-state index in [-0.39, 0.29) is 18.4 Å². The Morgan fingerprint density at radius 2 is 2.04 bits per heavy atom. The molecule has 0 aliphatic carbocycles. The molecule has 0 radical (unpaired) electrons. The van der Waals surface area contributed by atoms with Crippen molar-refractivity contribution in [2.24, 2.45) is 0 Å². The van der Waals surface area contributed by atoms with Crippen LogP contribution in [-0.4, -0.2) is 23.1 Å². The predicted molar refractivity (Wildman–Crippen MR) is 93.8 cm³/mol. The van der Waals surface area contributed by atoms with Crippen LogP contribution in [0.2, 0.25) is 0 Å². The Morgan fingerprint density at radius 1 is 1.24 bits per heavy atom. The minimum absolute atomic E-state index is 0.00724. The molecule has 0 saturated heterocycles. The number of carbonyl (C=O) groups excluding carboxylic acids is 1. The minimum atomic E-state index is -0.871. The lowest BCUT2D eigenvalue weighted by molar-refractivity contribution is -0.136. The molecule has 0 saturated carbocycles. The molecule has 130 valence electrons. The molecule has 0 bridgehead atoms. The summed E-state index contributed by atoms with van der Waals surface area (Å²) in [5, 5.41) is 11.8. The van der Waals surface area contributed by atoms with Gasteiger partial charge in [0.2, 0.25) is 0 Å². The topological polar surface area (TPSA) is 75.6 Å². The molecule has 1 atom stereocenters. The van der Waals surface area contributed by atoms with Gasteiger partial charge in [-0.15, -0.1) is 0 Å². The quantitative estimate of drug-likeness (QED) is 0.848. The van der Waals surface area contributed by atoms with Gasteiger partial charge in [0.15, 0.2) is 0 Å². The normalized spacial score (nSPS) is 15.3.